The molecule has 0 atom stereocenters. The molecule has 0 aliphatic carbocycles. The standard InChI is InChI=1S/2C23H27.C2H6Si.2ClH.Zr/c2*1-6-19-7-8-20-13-18(9-15(2)3)14-22(20)23(19)21-11-16(4)10-17(5)12-21;1-3-2;;;/h2*7-8,10-15H,6,9H2,1-5H3;1-2H3;2*1H;/q2*-1;;;;+4/p-2. The van der Waals surface area contributed by atoms with Crippen LogP contribution < -0.4 is 0 Å². The van der Waals surface area contributed by atoms with Crippen molar-refractivity contribution in [3.63, 3.8) is 0 Å². The summed E-state index contributed by atoms with van der Waals surface area (Å²) < 4.78 is 0. The molecule has 0 saturated carbocycles. The van der Waals surface area contributed by atoms with Gasteiger partial charge in [0.25, 0.3) is 0 Å². The summed E-state index contributed by atoms with van der Waals surface area (Å²) in [6.45, 7) is 26.8. The molecule has 0 amide bonds. The fourth-order valence-corrected chi connectivity index (χ4v) is 7.47. The van der Waals surface area contributed by atoms with E-state index in [-0.39, 0.29) is 0 Å². The first kappa shape index (κ1) is 44.2. The fourth-order valence-electron chi connectivity index (χ4n) is 7.47. The summed E-state index contributed by atoms with van der Waals surface area (Å²) in [5.74, 6) is 1.39. The molecule has 0 heterocycles. The van der Waals surface area contributed by atoms with E-state index >= 15 is 0 Å². The summed E-state index contributed by atoms with van der Waals surface area (Å²) in [6.07, 6.45) is 4.46. The van der Waals surface area contributed by atoms with E-state index in [0.717, 1.165) is 35.2 Å². The molecule has 2 radical (unpaired) electrons. The molecule has 0 spiro atoms. The Balaban J connectivity index is 0.000000244. The van der Waals surface area contributed by atoms with Crippen molar-refractivity contribution in [2.24, 2.45) is 11.8 Å². The van der Waals surface area contributed by atoms with Crippen LogP contribution in [0.1, 0.15) is 86.1 Å². The normalized spacial score (nSPS) is 10.8. The van der Waals surface area contributed by atoms with Crippen LogP contribution >= 0.6 is 17.0 Å². The Morgan fingerprint density at radius 2 is 0.865 bits per heavy atom. The number of benzene rings is 4. The molecule has 0 unspecified atom stereocenters. The summed E-state index contributed by atoms with van der Waals surface area (Å²) in [5.41, 5.74) is 16.8. The van der Waals surface area contributed by atoms with Crippen LogP contribution in [0.15, 0.2) is 84.9 Å². The zero-order valence-corrected chi connectivity index (χ0v) is 38.8. The SMILES string of the molecule is CCc1ccc2[cH-]c(CC(C)C)cc2c1-c1cc(C)cc(C)c1.CCc1ccc2[cH-]c(CC(C)C)cc2c1-c1cc(C)cc(C)c1.C[Si]C.[Cl][Zr+2][Cl]. The Hall–Kier alpha value is -2.22. The van der Waals surface area contributed by atoms with E-state index in [0.29, 0.717) is 11.8 Å². The van der Waals surface area contributed by atoms with E-state index in [9.17, 15) is 0 Å². The van der Waals surface area contributed by atoms with E-state index in [1.54, 1.807) is 0 Å². The molecule has 0 bridgehead atoms. The minimum absolute atomic E-state index is 0.696. The number of hydrogen-bond donors (Lipinski definition) is 0. The maximum atomic E-state index is 4.93. The Bertz CT molecular complexity index is 1820. The van der Waals surface area contributed by atoms with Gasteiger partial charge in [-0.25, -0.2) is 0 Å². The molecule has 0 aliphatic heterocycles. The van der Waals surface area contributed by atoms with Crippen LogP contribution in [0.4, 0.5) is 0 Å². The molecule has 6 aromatic rings. The molecule has 52 heavy (non-hydrogen) atoms. The molecule has 274 valence electrons. The summed E-state index contributed by atoms with van der Waals surface area (Å²) in [4.78, 5) is 0. The van der Waals surface area contributed by atoms with Crippen molar-refractivity contribution >= 4 is 48.1 Å². The monoisotopic (exact) mass is 824 g/mol. The van der Waals surface area contributed by atoms with Crippen molar-refractivity contribution in [2.45, 2.75) is 108 Å². The van der Waals surface area contributed by atoms with Gasteiger partial charge in [0, 0.05) is 9.52 Å². The van der Waals surface area contributed by atoms with Gasteiger partial charge in [0.2, 0.25) is 0 Å². The van der Waals surface area contributed by atoms with Crippen molar-refractivity contribution < 1.29 is 20.8 Å². The van der Waals surface area contributed by atoms with Crippen molar-refractivity contribution in [1.29, 1.82) is 0 Å². The van der Waals surface area contributed by atoms with Gasteiger partial charge in [0.05, 0.1) is 0 Å². The van der Waals surface area contributed by atoms with Crippen molar-refractivity contribution in [3.8, 4) is 22.3 Å². The van der Waals surface area contributed by atoms with Crippen molar-refractivity contribution in [2.75, 3.05) is 0 Å². The van der Waals surface area contributed by atoms with Crippen LogP contribution in [0.5, 0.6) is 0 Å². The van der Waals surface area contributed by atoms with Crippen LogP contribution in [-0.2, 0) is 46.5 Å². The van der Waals surface area contributed by atoms with Gasteiger partial charge in [-0.05, 0) is 76.3 Å². The Labute approximate surface area is 338 Å². The molecular weight excluding hydrogens is 767 g/mol. The quantitative estimate of drug-likeness (QED) is 0.106. The number of aryl methyl sites for hydroxylation is 6. The first-order valence-corrected chi connectivity index (χ1v) is 27.3. The number of halogens is 2. The fraction of sp³-hybridized carbons (Fsp3) is 0.375. The second kappa shape index (κ2) is 21.6. The van der Waals surface area contributed by atoms with Crippen LogP contribution in [-0.4, -0.2) is 9.52 Å². The van der Waals surface area contributed by atoms with Gasteiger partial charge < -0.3 is 0 Å². The predicted molar refractivity (Wildman–Crippen MR) is 234 cm³/mol. The van der Waals surface area contributed by atoms with Crippen LogP contribution in [0.3, 0.4) is 0 Å². The Kier molecular flexibility index (Phi) is 18.4. The molecule has 0 aliphatic rings. The molecule has 6 aromatic carbocycles. The molecule has 0 saturated heterocycles. The van der Waals surface area contributed by atoms with Crippen LogP contribution in [0.25, 0.3) is 43.8 Å². The summed E-state index contributed by atoms with van der Waals surface area (Å²) in [6, 6.07) is 32.6. The molecular formula is C48H60Cl2SiZr. The van der Waals surface area contributed by atoms with E-state index in [1.165, 1.54) is 88.3 Å². The first-order valence-electron chi connectivity index (χ1n) is 18.9. The van der Waals surface area contributed by atoms with Gasteiger partial charge in [-0.1, -0.05) is 136 Å². The second-order valence-corrected chi connectivity index (χ2v) is 19.9. The first-order chi connectivity index (χ1) is 24.8. The van der Waals surface area contributed by atoms with Crippen LogP contribution in [0, 0.1) is 39.5 Å². The van der Waals surface area contributed by atoms with E-state index < -0.39 is 20.8 Å². The van der Waals surface area contributed by atoms with Crippen LogP contribution in [0.2, 0.25) is 13.1 Å². The van der Waals surface area contributed by atoms with Crippen molar-refractivity contribution in [1.82, 2.24) is 0 Å². The molecule has 4 heteroatoms. The maximum absolute atomic E-state index is 4.93. The van der Waals surface area contributed by atoms with E-state index in [2.05, 4.69) is 167 Å². The summed E-state index contributed by atoms with van der Waals surface area (Å²) in [7, 11) is 11.0. The zero-order chi connectivity index (χ0) is 38.5. The predicted octanol–water partition coefficient (Wildman–Crippen LogP) is 15.4. The second-order valence-electron chi connectivity index (χ2n) is 15.2. The number of rotatable bonds is 8. The third kappa shape index (κ3) is 12.4. The third-order valence-corrected chi connectivity index (χ3v) is 9.14. The average molecular weight is 827 g/mol. The van der Waals surface area contributed by atoms with E-state index in [4.69, 9.17) is 17.0 Å². The van der Waals surface area contributed by atoms with E-state index in [1.807, 2.05) is 0 Å². The molecule has 6 rings (SSSR count). The minimum atomic E-state index is -0.826. The topological polar surface area (TPSA) is 0 Å². The van der Waals surface area contributed by atoms with Gasteiger partial charge in [0.15, 0.2) is 0 Å². The van der Waals surface area contributed by atoms with Gasteiger partial charge in [0.1, 0.15) is 0 Å². The average Bonchev–Trinajstić information content (AvgIpc) is 3.66. The van der Waals surface area contributed by atoms with Gasteiger partial charge in [-0.3, -0.25) is 0 Å². The van der Waals surface area contributed by atoms with Gasteiger partial charge >= 0.3 is 37.9 Å². The van der Waals surface area contributed by atoms with Gasteiger partial charge in [-0.2, -0.15) is 12.1 Å². The summed E-state index contributed by atoms with van der Waals surface area (Å²) in [5, 5.41) is 5.61. The van der Waals surface area contributed by atoms with Gasteiger partial charge in [-0.15, -0.1) is 69.1 Å². The number of fused-ring (bicyclic) bond motifs is 2. The Morgan fingerprint density at radius 1 is 0.558 bits per heavy atom. The zero-order valence-electron chi connectivity index (χ0n) is 33.8. The molecule has 0 aromatic heterocycles. The summed E-state index contributed by atoms with van der Waals surface area (Å²) >= 11 is -0.826. The molecule has 0 fully saturated rings. The molecule has 0 nitrogen and oxygen atoms in total. The Morgan fingerprint density at radius 3 is 1.13 bits per heavy atom. The molecule has 0 N–H and O–H groups in total. The number of hydrogen-bond acceptors (Lipinski definition) is 0. The van der Waals surface area contributed by atoms with Crippen molar-refractivity contribution in [3.05, 3.63) is 129 Å². The third-order valence-electron chi connectivity index (χ3n) is 9.14.